The number of nitrogens with one attached hydrogen (secondary N) is 1. The van der Waals surface area contributed by atoms with E-state index in [4.69, 9.17) is 4.74 Å². The Balaban J connectivity index is 1.39. The summed E-state index contributed by atoms with van der Waals surface area (Å²) in [7, 11) is 0. The van der Waals surface area contributed by atoms with Gasteiger partial charge in [-0.25, -0.2) is 19.4 Å². The van der Waals surface area contributed by atoms with Gasteiger partial charge in [-0.2, -0.15) is 5.10 Å². The number of urea groups is 1. The molecule has 3 aromatic rings. The smallest absolute Gasteiger partial charge is 0.323 e. The lowest BCUT2D eigenvalue weighted by atomic mass is 10.2. The summed E-state index contributed by atoms with van der Waals surface area (Å²) in [5.74, 6) is 1.78. The Kier molecular flexibility index (Phi) is 4.69. The van der Waals surface area contributed by atoms with Crippen LogP contribution in [0.1, 0.15) is 36.3 Å². The Bertz CT molecular complexity index is 1000. The molecule has 5 rings (SSSR count). The van der Waals surface area contributed by atoms with Crippen LogP contribution in [0.2, 0.25) is 0 Å². The van der Waals surface area contributed by atoms with Crippen molar-refractivity contribution >= 4 is 11.8 Å². The molecule has 1 aliphatic heterocycles. The van der Waals surface area contributed by atoms with Crippen LogP contribution in [0.5, 0.6) is 0 Å². The molecule has 0 spiro atoms. The average Bonchev–Trinajstić information content (AvgIpc) is 3.51. The normalized spacial score (nSPS) is 19.2. The standard InChI is InChI=1S/C21H22N6O2/c28-21(25-19-8-4-7-17(24-19)15-9-10-15)26-11-12-29-13-18(26)20-22-14-23-27(20)16-5-2-1-3-6-16/h1-8,14-15,18H,9-13H2,(H,24,25,28). The minimum atomic E-state index is -0.335. The first-order valence-corrected chi connectivity index (χ1v) is 9.87. The number of benzene rings is 1. The number of para-hydroxylation sites is 1. The van der Waals surface area contributed by atoms with Gasteiger partial charge in [0.1, 0.15) is 18.2 Å². The summed E-state index contributed by atoms with van der Waals surface area (Å²) in [6.45, 7) is 1.33. The fourth-order valence-corrected chi connectivity index (χ4v) is 3.62. The molecule has 2 fully saturated rings. The monoisotopic (exact) mass is 390 g/mol. The first-order valence-electron chi connectivity index (χ1n) is 9.87. The molecule has 2 amide bonds. The lowest BCUT2D eigenvalue weighted by molar-refractivity contribution is 0.0110. The highest BCUT2D eigenvalue weighted by Crippen LogP contribution is 2.39. The van der Waals surface area contributed by atoms with Gasteiger partial charge in [-0.3, -0.25) is 5.32 Å². The predicted molar refractivity (Wildman–Crippen MR) is 107 cm³/mol. The molecule has 2 aliphatic rings. The Labute approximate surface area is 168 Å². The van der Waals surface area contributed by atoms with Crippen molar-refractivity contribution in [1.82, 2.24) is 24.6 Å². The summed E-state index contributed by atoms with van der Waals surface area (Å²) in [6.07, 6.45) is 3.85. The van der Waals surface area contributed by atoms with Gasteiger partial charge in [0.15, 0.2) is 5.82 Å². The van der Waals surface area contributed by atoms with Crippen molar-refractivity contribution in [2.45, 2.75) is 24.8 Å². The maximum absolute atomic E-state index is 13.1. The minimum absolute atomic E-state index is 0.207. The van der Waals surface area contributed by atoms with E-state index in [-0.39, 0.29) is 12.1 Å². The van der Waals surface area contributed by atoms with Crippen LogP contribution >= 0.6 is 0 Å². The van der Waals surface area contributed by atoms with Gasteiger partial charge in [0, 0.05) is 18.2 Å². The Morgan fingerprint density at radius 2 is 1.97 bits per heavy atom. The second-order valence-corrected chi connectivity index (χ2v) is 7.30. The third kappa shape index (κ3) is 3.71. The van der Waals surface area contributed by atoms with Crippen molar-refractivity contribution in [2.75, 3.05) is 25.1 Å². The third-order valence-electron chi connectivity index (χ3n) is 5.26. The van der Waals surface area contributed by atoms with Crippen molar-refractivity contribution in [1.29, 1.82) is 0 Å². The van der Waals surface area contributed by atoms with E-state index in [2.05, 4.69) is 20.4 Å². The number of morpholine rings is 1. The maximum Gasteiger partial charge on any atom is 0.323 e. The van der Waals surface area contributed by atoms with Crippen molar-refractivity contribution in [3.63, 3.8) is 0 Å². The number of hydrogen-bond donors (Lipinski definition) is 1. The first-order chi connectivity index (χ1) is 14.3. The number of carbonyl (C=O) groups excluding carboxylic acids is 1. The van der Waals surface area contributed by atoms with Crippen LogP contribution in [0, 0.1) is 0 Å². The average molecular weight is 390 g/mol. The van der Waals surface area contributed by atoms with Gasteiger partial charge >= 0.3 is 6.03 Å². The van der Waals surface area contributed by atoms with Gasteiger partial charge in [-0.15, -0.1) is 0 Å². The molecule has 148 valence electrons. The molecule has 2 aromatic heterocycles. The minimum Gasteiger partial charge on any atom is -0.377 e. The highest BCUT2D eigenvalue weighted by atomic mass is 16.5. The highest BCUT2D eigenvalue weighted by molar-refractivity contribution is 5.88. The molecule has 1 aliphatic carbocycles. The second kappa shape index (κ2) is 7.63. The fraction of sp³-hybridized carbons (Fsp3) is 0.333. The molecule has 1 atom stereocenters. The molecule has 0 bridgehead atoms. The van der Waals surface area contributed by atoms with E-state index in [1.54, 1.807) is 9.58 Å². The van der Waals surface area contributed by atoms with E-state index in [0.29, 0.717) is 37.3 Å². The first kappa shape index (κ1) is 17.8. The zero-order valence-electron chi connectivity index (χ0n) is 15.9. The predicted octanol–water partition coefficient (Wildman–Crippen LogP) is 3.15. The van der Waals surface area contributed by atoms with E-state index in [1.165, 1.54) is 19.2 Å². The van der Waals surface area contributed by atoms with Gasteiger partial charge in [0.2, 0.25) is 0 Å². The summed E-state index contributed by atoms with van der Waals surface area (Å²) >= 11 is 0. The molecule has 8 nitrogen and oxygen atoms in total. The molecular formula is C21H22N6O2. The topological polar surface area (TPSA) is 85.2 Å². The van der Waals surface area contributed by atoms with E-state index in [0.717, 1.165) is 11.4 Å². The molecule has 3 heterocycles. The largest absolute Gasteiger partial charge is 0.377 e. The number of anilines is 1. The van der Waals surface area contributed by atoms with Crippen molar-refractivity contribution in [2.24, 2.45) is 0 Å². The van der Waals surface area contributed by atoms with Crippen LogP contribution in [0.4, 0.5) is 10.6 Å². The van der Waals surface area contributed by atoms with Crippen LogP contribution in [-0.4, -0.2) is 50.4 Å². The quantitative estimate of drug-likeness (QED) is 0.740. The third-order valence-corrected chi connectivity index (χ3v) is 5.26. The Morgan fingerprint density at radius 1 is 1.10 bits per heavy atom. The summed E-state index contributed by atoms with van der Waals surface area (Å²) < 4.78 is 7.42. The number of carbonyl (C=O) groups is 1. The molecule has 0 radical (unpaired) electrons. The number of hydrogen-bond acceptors (Lipinski definition) is 5. The van der Waals surface area contributed by atoms with E-state index >= 15 is 0 Å². The maximum atomic E-state index is 13.1. The van der Waals surface area contributed by atoms with Gasteiger partial charge in [0.05, 0.1) is 18.9 Å². The zero-order chi connectivity index (χ0) is 19.6. The zero-order valence-corrected chi connectivity index (χ0v) is 15.9. The van der Waals surface area contributed by atoms with Crippen LogP contribution in [-0.2, 0) is 4.74 Å². The van der Waals surface area contributed by atoms with Crippen molar-refractivity contribution in [3.8, 4) is 5.69 Å². The van der Waals surface area contributed by atoms with Gasteiger partial charge in [-0.1, -0.05) is 24.3 Å². The lowest BCUT2D eigenvalue weighted by Crippen LogP contribution is -2.46. The number of rotatable bonds is 4. The summed E-state index contributed by atoms with van der Waals surface area (Å²) in [6, 6.07) is 15.0. The molecule has 1 saturated heterocycles. The van der Waals surface area contributed by atoms with Crippen molar-refractivity contribution in [3.05, 3.63) is 66.4 Å². The summed E-state index contributed by atoms with van der Waals surface area (Å²) in [5, 5.41) is 7.31. The number of nitrogens with zero attached hydrogens (tertiary/aromatic N) is 5. The second-order valence-electron chi connectivity index (χ2n) is 7.30. The van der Waals surface area contributed by atoms with Crippen LogP contribution < -0.4 is 5.32 Å². The van der Waals surface area contributed by atoms with Crippen LogP contribution in [0.15, 0.2) is 54.9 Å². The number of ether oxygens (including phenoxy) is 1. The van der Waals surface area contributed by atoms with Gasteiger partial charge in [0.25, 0.3) is 0 Å². The molecular weight excluding hydrogens is 368 g/mol. The highest BCUT2D eigenvalue weighted by Gasteiger charge is 2.33. The van der Waals surface area contributed by atoms with E-state index in [1.807, 2.05) is 48.5 Å². The van der Waals surface area contributed by atoms with Crippen LogP contribution in [0.3, 0.4) is 0 Å². The van der Waals surface area contributed by atoms with E-state index in [9.17, 15) is 4.79 Å². The lowest BCUT2D eigenvalue weighted by Gasteiger charge is -2.34. The molecule has 29 heavy (non-hydrogen) atoms. The fourth-order valence-electron chi connectivity index (χ4n) is 3.62. The number of amides is 2. The SMILES string of the molecule is O=C(Nc1cccc(C2CC2)n1)N1CCOCC1c1ncnn1-c1ccccc1. The summed E-state index contributed by atoms with van der Waals surface area (Å²) in [5.41, 5.74) is 1.94. The molecule has 1 saturated carbocycles. The Hall–Kier alpha value is -3.26. The Morgan fingerprint density at radius 3 is 2.79 bits per heavy atom. The molecule has 1 aromatic carbocycles. The van der Waals surface area contributed by atoms with E-state index < -0.39 is 0 Å². The molecule has 8 heteroatoms. The van der Waals surface area contributed by atoms with Gasteiger partial charge < -0.3 is 9.64 Å². The van der Waals surface area contributed by atoms with Gasteiger partial charge in [-0.05, 0) is 37.1 Å². The van der Waals surface area contributed by atoms with Crippen molar-refractivity contribution < 1.29 is 9.53 Å². The number of aromatic nitrogens is 4. The molecule has 1 N–H and O–H groups in total. The molecule has 1 unspecified atom stereocenters. The number of pyridine rings is 1. The van der Waals surface area contributed by atoms with Crippen LogP contribution in [0.25, 0.3) is 5.69 Å². The summed E-state index contributed by atoms with van der Waals surface area (Å²) in [4.78, 5) is 23.9.